The van der Waals surface area contributed by atoms with E-state index in [1.165, 1.54) is 19.1 Å². The van der Waals surface area contributed by atoms with E-state index in [1.807, 2.05) is 0 Å². The van der Waals surface area contributed by atoms with Crippen LogP contribution in [0.2, 0.25) is 0 Å². The zero-order chi connectivity index (χ0) is 19.3. The molecule has 0 heterocycles. The molecule has 0 spiro atoms. The van der Waals surface area contributed by atoms with Gasteiger partial charge in [-0.1, -0.05) is 20.8 Å². The molecule has 3 N–H and O–H groups in total. The van der Waals surface area contributed by atoms with Gasteiger partial charge in [0, 0.05) is 14.2 Å². The minimum atomic E-state index is -0.987. The number of amides is 3. The first kappa shape index (κ1) is 22.2. The lowest BCUT2D eigenvalue weighted by atomic mass is 9.85. The Morgan fingerprint density at radius 1 is 1.12 bits per heavy atom. The van der Waals surface area contributed by atoms with Crippen LogP contribution in [0.4, 0.5) is 4.79 Å². The fraction of sp³-hybridized carbons (Fsp3) is 0.812. The average molecular weight is 345 g/mol. The van der Waals surface area contributed by atoms with Crippen LogP contribution in [0.5, 0.6) is 0 Å². The summed E-state index contributed by atoms with van der Waals surface area (Å²) in [6, 6.07) is -1.82. The molecule has 0 radical (unpaired) electrons. The number of ether oxygens (including phenoxy) is 2. The fourth-order valence-corrected chi connectivity index (χ4v) is 2.36. The van der Waals surface area contributed by atoms with Crippen LogP contribution in [-0.2, 0) is 19.1 Å². The van der Waals surface area contributed by atoms with Gasteiger partial charge >= 0.3 is 6.09 Å². The molecule has 0 unspecified atom stereocenters. The Balaban J connectivity index is 5.26. The van der Waals surface area contributed by atoms with Crippen LogP contribution in [0.25, 0.3) is 0 Å². The van der Waals surface area contributed by atoms with Gasteiger partial charge in [0.1, 0.15) is 17.7 Å². The number of primary amides is 1. The summed E-state index contributed by atoms with van der Waals surface area (Å²) in [5.74, 6) is -1.10. The summed E-state index contributed by atoms with van der Waals surface area (Å²) in [5, 5.41) is 2.47. The lowest BCUT2D eigenvalue weighted by molar-refractivity contribution is -0.144. The normalized spacial score (nSPS) is 14.5. The molecule has 0 aromatic heterocycles. The van der Waals surface area contributed by atoms with Crippen molar-refractivity contribution < 1.29 is 23.9 Å². The molecule has 0 aliphatic carbocycles. The molecular formula is C16H31N3O5. The van der Waals surface area contributed by atoms with Gasteiger partial charge in [-0.15, -0.1) is 0 Å². The Hall–Kier alpha value is -1.83. The highest BCUT2D eigenvalue weighted by molar-refractivity contribution is 5.91. The smallest absolute Gasteiger partial charge is 0.408 e. The molecule has 2 atom stereocenters. The van der Waals surface area contributed by atoms with Gasteiger partial charge < -0.3 is 25.4 Å². The van der Waals surface area contributed by atoms with E-state index >= 15 is 0 Å². The molecule has 0 bridgehead atoms. The SMILES string of the molecule is COC[C@H](NC(=O)OC(C)(C)C)C(=O)N(C)[C@H](C(N)=O)C(C)(C)C. The van der Waals surface area contributed by atoms with Crippen molar-refractivity contribution in [2.75, 3.05) is 20.8 Å². The molecule has 0 saturated carbocycles. The third-order valence-corrected chi connectivity index (χ3v) is 3.15. The van der Waals surface area contributed by atoms with Crippen LogP contribution in [0.1, 0.15) is 41.5 Å². The molecule has 0 aromatic carbocycles. The van der Waals surface area contributed by atoms with E-state index < -0.39 is 41.0 Å². The number of carbonyl (C=O) groups excluding carboxylic acids is 3. The Kier molecular flexibility index (Phi) is 7.69. The van der Waals surface area contributed by atoms with E-state index in [0.29, 0.717) is 0 Å². The molecule has 0 aromatic rings. The molecule has 0 fully saturated rings. The Morgan fingerprint density at radius 2 is 1.62 bits per heavy atom. The van der Waals surface area contributed by atoms with Gasteiger partial charge in [0.15, 0.2) is 0 Å². The monoisotopic (exact) mass is 345 g/mol. The molecular weight excluding hydrogens is 314 g/mol. The number of carbonyl (C=O) groups is 3. The number of nitrogens with zero attached hydrogens (tertiary/aromatic N) is 1. The van der Waals surface area contributed by atoms with Gasteiger partial charge in [-0.2, -0.15) is 0 Å². The molecule has 0 saturated heterocycles. The topological polar surface area (TPSA) is 111 Å². The second kappa shape index (κ2) is 8.32. The number of hydrogen-bond donors (Lipinski definition) is 2. The van der Waals surface area contributed by atoms with Gasteiger partial charge in [-0.3, -0.25) is 9.59 Å². The van der Waals surface area contributed by atoms with Gasteiger partial charge in [-0.05, 0) is 26.2 Å². The summed E-state index contributed by atoms with van der Waals surface area (Å²) in [6.45, 7) is 10.5. The predicted octanol–water partition coefficient (Wildman–Crippen LogP) is 0.885. The van der Waals surface area contributed by atoms with E-state index in [9.17, 15) is 14.4 Å². The van der Waals surface area contributed by atoms with E-state index in [4.69, 9.17) is 15.2 Å². The molecule has 0 aliphatic heterocycles. The maximum Gasteiger partial charge on any atom is 0.408 e. The lowest BCUT2D eigenvalue weighted by Crippen LogP contribution is -2.58. The van der Waals surface area contributed by atoms with Crippen molar-refractivity contribution in [2.45, 2.75) is 59.2 Å². The van der Waals surface area contributed by atoms with Crippen molar-refractivity contribution in [3.8, 4) is 0 Å². The molecule has 8 nitrogen and oxygen atoms in total. The first-order chi connectivity index (χ1) is 10.7. The quantitative estimate of drug-likeness (QED) is 0.742. The number of rotatable bonds is 6. The number of methoxy groups -OCH3 is 1. The highest BCUT2D eigenvalue weighted by Gasteiger charge is 2.38. The maximum absolute atomic E-state index is 12.7. The molecule has 24 heavy (non-hydrogen) atoms. The highest BCUT2D eigenvalue weighted by Crippen LogP contribution is 2.24. The number of hydrogen-bond acceptors (Lipinski definition) is 5. The first-order valence-electron chi connectivity index (χ1n) is 7.75. The third kappa shape index (κ3) is 7.16. The van der Waals surface area contributed by atoms with Gasteiger partial charge in [0.25, 0.3) is 0 Å². The largest absolute Gasteiger partial charge is 0.444 e. The number of likely N-dealkylation sites (N-methyl/N-ethyl adjacent to an activating group) is 1. The van der Waals surface area contributed by atoms with E-state index in [-0.39, 0.29) is 6.61 Å². The lowest BCUT2D eigenvalue weighted by Gasteiger charge is -2.37. The van der Waals surface area contributed by atoms with Crippen LogP contribution in [0, 0.1) is 5.41 Å². The second-order valence-electron chi connectivity index (χ2n) is 7.77. The van der Waals surface area contributed by atoms with Crippen molar-refractivity contribution in [1.29, 1.82) is 0 Å². The van der Waals surface area contributed by atoms with Crippen LogP contribution >= 0.6 is 0 Å². The summed E-state index contributed by atoms with van der Waals surface area (Å²) in [6.07, 6.45) is -0.738. The standard InChI is InChI=1S/C16H31N3O5/c1-15(2,3)11(12(17)20)19(7)13(21)10(9-23-8)18-14(22)24-16(4,5)6/h10-11H,9H2,1-8H3,(H2,17,20)(H,18,22)/t10-,11+/m0/s1. The Labute approximate surface area is 144 Å². The van der Waals surface area contributed by atoms with Gasteiger partial charge in [0.05, 0.1) is 6.61 Å². The van der Waals surface area contributed by atoms with Crippen molar-refractivity contribution >= 4 is 17.9 Å². The van der Waals surface area contributed by atoms with E-state index in [0.717, 1.165) is 0 Å². The molecule has 140 valence electrons. The number of nitrogens with two attached hydrogens (primary N) is 1. The van der Waals surface area contributed by atoms with Crippen molar-refractivity contribution in [1.82, 2.24) is 10.2 Å². The summed E-state index contributed by atoms with van der Waals surface area (Å²) in [7, 11) is 2.88. The minimum Gasteiger partial charge on any atom is -0.444 e. The Morgan fingerprint density at radius 3 is 1.96 bits per heavy atom. The second-order valence-corrected chi connectivity index (χ2v) is 7.77. The number of alkyl carbamates (subject to hydrolysis) is 1. The molecule has 8 heteroatoms. The first-order valence-corrected chi connectivity index (χ1v) is 7.75. The van der Waals surface area contributed by atoms with Gasteiger partial charge in [0.2, 0.25) is 11.8 Å². The highest BCUT2D eigenvalue weighted by atomic mass is 16.6. The maximum atomic E-state index is 12.7. The summed E-state index contributed by atoms with van der Waals surface area (Å²) in [5.41, 5.74) is 4.19. The zero-order valence-corrected chi connectivity index (χ0v) is 15.9. The summed E-state index contributed by atoms with van der Waals surface area (Å²) >= 11 is 0. The molecule has 3 amide bonds. The predicted molar refractivity (Wildman–Crippen MR) is 90.2 cm³/mol. The van der Waals surface area contributed by atoms with Crippen LogP contribution in [0.15, 0.2) is 0 Å². The van der Waals surface area contributed by atoms with Crippen LogP contribution in [-0.4, -0.2) is 61.3 Å². The van der Waals surface area contributed by atoms with Crippen molar-refractivity contribution in [3.05, 3.63) is 0 Å². The molecule has 0 rings (SSSR count). The average Bonchev–Trinajstić information content (AvgIpc) is 2.32. The van der Waals surface area contributed by atoms with Gasteiger partial charge in [-0.25, -0.2) is 4.79 Å². The fourth-order valence-electron chi connectivity index (χ4n) is 2.36. The zero-order valence-electron chi connectivity index (χ0n) is 15.9. The van der Waals surface area contributed by atoms with Crippen LogP contribution in [0.3, 0.4) is 0 Å². The van der Waals surface area contributed by atoms with E-state index in [1.54, 1.807) is 41.5 Å². The van der Waals surface area contributed by atoms with Crippen LogP contribution < -0.4 is 11.1 Å². The summed E-state index contributed by atoms with van der Waals surface area (Å²) in [4.78, 5) is 37.6. The minimum absolute atomic E-state index is 0.0575. The summed E-state index contributed by atoms with van der Waals surface area (Å²) < 4.78 is 10.1. The Bertz CT molecular complexity index is 465. The van der Waals surface area contributed by atoms with Crippen molar-refractivity contribution in [3.63, 3.8) is 0 Å². The van der Waals surface area contributed by atoms with Crippen molar-refractivity contribution in [2.24, 2.45) is 11.1 Å². The number of nitrogens with one attached hydrogen (secondary N) is 1. The molecule has 0 aliphatic rings. The van der Waals surface area contributed by atoms with E-state index in [2.05, 4.69) is 5.32 Å². The third-order valence-electron chi connectivity index (χ3n) is 3.15.